The topological polar surface area (TPSA) is 80.3 Å². The van der Waals surface area contributed by atoms with E-state index in [-0.39, 0.29) is 60.8 Å². The molecule has 0 bridgehead atoms. The number of rotatable bonds is 2. The molecule has 0 amide bonds. The number of hydrogen-bond donors (Lipinski definition) is 0. The molecule has 0 aromatic carbocycles. The van der Waals surface area contributed by atoms with Crippen LogP contribution < -0.4 is 10.2 Å². The van der Waals surface area contributed by atoms with Gasteiger partial charge in [-0.25, -0.2) is 0 Å². The third kappa shape index (κ3) is 14.3. The minimum atomic E-state index is -0.457. The first-order chi connectivity index (χ1) is 11.1. The van der Waals surface area contributed by atoms with Crippen LogP contribution in [0.25, 0.3) is 0 Å². The van der Waals surface area contributed by atoms with Crippen molar-refractivity contribution in [2.45, 2.75) is 83.1 Å². The second-order valence-corrected chi connectivity index (χ2v) is 10.7. The minimum absolute atomic E-state index is 0. The van der Waals surface area contributed by atoms with Crippen LogP contribution in [0.4, 0.5) is 0 Å². The first-order valence-corrected chi connectivity index (χ1v) is 8.97. The van der Waals surface area contributed by atoms with Gasteiger partial charge in [-0.2, -0.15) is 0 Å². The van der Waals surface area contributed by atoms with E-state index in [0.717, 1.165) is 0 Å². The van der Waals surface area contributed by atoms with Gasteiger partial charge in [0, 0.05) is 10.8 Å². The van der Waals surface area contributed by atoms with Gasteiger partial charge in [0.05, 0.1) is 0 Å². The van der Waals surface area contributed by atoms with Gasteiger partial charge >= 0.3 is 37.7 Å². The fraction of sp³-hybridized carbons (Fsp3) is 0.727. The molecule has 0 aromatic rings. The van der Waals surface area contributed by atoms with Crippen molar-refractivity contribution in [3.05, 3.63) is 23.7 Å². The molecule has 0 atom stereocenters. The van der Waals surface area contributed by atoms with E-state index in [0.29, 0.717) is 0 Å². The second kappa shape index (κ2) is 11.0. The Morgan fingerprint density at radius 3 is 0.815 bits per heavy atom. The predicted octanol–water partition coefficient (Wildman–Crippen LogP) is 3.40. The van der Waals surface area contributed by atoms with E-state index in [4.69, 9.17) is 0 Å². The number of ketones is 2. The van der Waals surface area contributed by atoms with Crippen LogP contribution in [0, 0.1) is 21.7 Å². The van der Waals surface area contributed by atoms with Crippen LogP contribution >= 0.6 is 0 Å². The molecule has 0 fully saturated rings. The average Bonchev–Trinajstić information content (AvgIpc) is 2.34. The smallest absolute Gasteiger partial charge is 0.875 e. The summed E-state index contributed by atoms with van der Waals surface area (Å²) >= 11 is 0. The van der Waals surface area contributed by atoms with Gasteiger partial charge < -0.3 is 10.2 Å². The Bertz CT molecular complexity index is 505. The summed E-state index contributed by atoms with van der Waals surface area (Å²) in [6.45, 7) is 21.7. The molecule has 0 aromatic heterocycles. The zero-order valence-electron chi connectivity index (χ0n) is 19.5. The van der Waals surface area contributed by atoms with Crippen molar-refractivity contribution in [2.24, 2.45) is 21.7 Å². The molecule has 0 heterocycles. The Kier molecular flexibility index (Phi) is 12.8. The molecule has 4 nitrogen and oxygen atoms in total. The maximum atomic E-state index is 11.4. The fourth-order valence-electron chi connectivity index (χ4n) is 1.10. The van der Waals surface area contributed by atoms with Gasteiger partial charge in [-0.15, -0.1) is 11.5 Å². The summed E-state index contributed by atoms with van der Waals surface area (Å²) in [7, 11) is 0. The Labute approximate surface area is 196 Å². The molecule has 0 saturated heterocycles. The van der Waals surface area contributed by atoms with Crippen LogP contribution in [0.2, 0.25) is 0 Å². The van der Waals surface area contributed by atoms with Crippen molar-refractivity contribution in [2.75, 3.05) is 0 Å². The van der Waals surface area contributed by atoms with E-state index in [1.807, 2.05) is 83.1 Å². The average molecular weight is 407 g/mol. The largest absolute Gasteiger partial charge is 2.00 e. The normalized spacial score (nSPS) is 13.9. The molecule has 0 N–H and O–H groups in total. The molecule has 27 heavy (non-hydrogen) atoms. The summed E-state index contributed by atoms with van der Waals surface area (Å²) in [5.74, 6) is -0.417. The van der Waals surface area contributed by atoms with Crippen LogP contribution in [0.3, 0.4) is 0 Å². The monoisotopic (exact) mass is 406 g/mol. The van der Waals surface area contributed by atoms with Gasteiger partial charge in [0.25, 0.3) is 0 Å². The van der Waals surface area contributed by atoms with E-state index in [1.165, 1.54) is 12.2 Å². The molecule has 0 aliphatic carbocycles. The first kappa shape index (κ1) is 31.4. The zero-order valence-corrected chi connectivity index (χ0v) is 21.7. The first-order valence-electron chi connectivity index (χ1n) is 8.97. The van der Waals surface area contributed by atoms with Gasteiger partial charge in [-0.3, -0.25) is 9.59 Å². The van der Waals surface area contributed by atoms with E-state index in [9.17, 15) is 19.8 Å². The van der Waals surface area contributed by atoms with E-state index in [2.05, 4.69) is 0 Å². The van der Waals surface area contributed by atoms with Crippen LogP contribution in [-0.2, 0) is 9.59 Å². The van der Waals surface area contributed by atoms with Crippen LogP contribution in [0.15, 0.2) is 23.7 Å². The summed E-state index contributed by atoms with van der Waals surface area (Å²) in [6, 6.07) is 0. The molecule has 152 valence electrons. The summed E-state index contributed by atoms with van der Waals surface area (Å²) in [5.41, 5.74) is -1.83. The molecular formula is C22H38CaO4. The molecule has 0 aliphatic heterocycles. The van der Waals surface area contributed by atoms with Gasteiger partial charge in [0.15, 0.2) is 11.6 Å². The SMILES string of the molecule is CC(C)(C)C(=O)/C=C(/[O-])C(C)(C)C.CC(C)(C)C(=O)/C=C(\[O-])C(C)(C)C.[Ca+2]. The number of hydrogen-bond acceptors (Lipinski definition) is 4. The Balaban J connectivity index is -0.000000411. The maximum Gasteiger partial charge on any atom is 2.00 e. The van der Waals surface area contributed by atoms with E-state index in [1.54, 1.807) is 0 Å². The van der Waals surface area contributed by atoms with Crippen molar-refractivity contribution < 1.29 is 19.8 Å². The van der Waals surface area contributed by atoms with Crippen molar-refractivity contribution in [3.63, 3.8) is 0 Å². The van der Waals surface area contributed by atoms with Gasteiger partial charge in [0.2, 0.25) is 0 Å². The number of allylic oxidation sites excluding steroid dienone is 4. The minimum Gasteiger partial charge on any atom is -0.875 e. The third-order valence-electron chi connectivity index (χ3n) is 3.48. The second-order valence-electron chi connectivity index (χ2n) is 10.7. The van der Waals surface area contributed by atoms with Crippen LogP contribution in [0.5, 0.6) is 0 Å². The molecule has 0 rings (SSSR count). The Hall–Kier alpha value is -0.320. The molecule has 0 saturated carbocycles. The van der Waals surface area contributed by atoms with Crippen molar-refractivity contribution in [1.82, 2.24) is 0 Å². The number of carbonyl (C=O) groups is 2. The maximum absolute atomic E-state index is 11.4. The van der Waals surface area contributed by atoms with Crippen LogP contribution in [0.1, 0.15) is 83.1 Å². The van der Waals surface area contributed by atoms with Crippen molar-refractivity contribution >= 4 is 49.3 Å². The quantitative estimate of drug-likeness (QED) is 0.400. The Morgan fingerprint density at radius 1 is 0.519 bits per heavy atom. The third-order valence-corrected chi connectivity index (χ3v) is 3.48. The van der Waals surface area contributed by atoms with E-state index < -0.39 is 21.7 Å². The standard InChI is InChI=1S/2C11H20O2.Ca/c2*1-10(2,3)8(12)7-9(13)11(4,5)6;/h2*7,12H,1-6H3;/q;;+2/p-2/b8-7+;8-7-;. The van der Waals surface area contributed by atoms with Gasteiger partial charge in [-0.1, -0.05) is 83.1 Å². The number of carbonyl (C=O) groups excluding carboxylic acids is 2. The van der Waals surface area contributed by atoms with E-state index >= 15 is 0 Å². The Morgan fingerprint density at radius 2 is 0.704 bits per heavy atom. The molecule has 0 unspecified atom stereocenters. The molecule has 0 spiro atoms. The molecule has 5 heteroatoms. The van der Waals surface area contributed by atoms with Crippen LogP contribution in [-0.4, -0.2) is 49.3 Å². The van der Waals surface area contributed by atoms with Gasteiger partial charge in [0.1, 0.15) is 0 Å². The van der Waals surface area contributed by atoms with Crippen molar-refractivity contribution in [1.29, 1.82) is 0 Å². The summed E-state index contributed by atoms with van der Waals surface area (Å²) < 4.78 is 0. The van der Waals surface area contributed by atoms with Gasteiger partial charge in [-0.05, 0) is 23.0 Å². The molecule has 0 aliphatic rings. The molecule has 0 radical (unpaired) electrons. The molecular weight excluding hydrogens is 368 g/mol. The fourth-order valence-corrected chi connectivity index (χ4v) is 1.10. The summed E-state index contributed by atoms with van der Waals surface area (Å²) in [4.78, 5) is 22.9. The predicted molar refractivity (Wildman–Crippen MR) is 110 cm³/mol. The zero-order chi connectivity index (χ0) is 21.7. The summed E-state index contributed by atoms with van der Waals surface area (Å²) in [5, 5.41) is 22.9. The summed E-state index contributed by atoms with van der Waals surface area (Å²) in [6.07, 6.45) is 2.44. The van der Waals surface area contributed by atoms with Crippen molar-refractivity contribution in [3.8, 4) is 0 Å².